The smallest absolute Gasteiger partial charge is 0.0123 e. The quantitative estimate of drug-likeness (QED) is 0.693. The molecule has 0 aliphatic rings. The molecule has 0 aliphatic heterocycles. The average molecular weight is 241 g/mol. The van der Waals surface area contributed by atoms with Crippen LogP contribution in [0, 0.1) is 6.92 Å². The highest BCUT2D eigenvalue weighted by molar-refractivity contribution is 9.09. The Labute approximate surface area is 89.5 Å². The molecule has 13 heavy (non-hydrogen) atoms. The molecule has 0 aliphatic carbocycles. The first-order chi connectivity index (χ1) is 6.09. The summed E-state index contributed by atoms with van der Waals surface area (Å²) in [4.78, 5) is 0.601. The summed E-state index contributed by atoms with van der Waals surface area (Å²) >= 11 is 3.59. The lowest BCUT2D eigenvalue weighted by Crippen LogP contribution is -2.00. The van der Waals surface area contributed by atoms with E-state index in [2.05, 4.69) is 61.0 Å². The molecule has 72 valence electrons. The largest absolute Gasteiger partial charge is 0.0893 e. The van der Waals surface area contributed by atoms with Gasteiger partial charge in [0.1, 0.15) is 0 Å². The molecule has 0 spiro atoms. The van der Waals surface area contributed by atoms with Crippen molar-refractivity contribution in [2.75, 3.05) is 0 Å². The van der Waals surface area contributed by atoms with E-state index in [0.717, 1.165) is 0 Å². The second-order valence-corrected chi connectivity index (χ2v) is 5.39. The molecule has 1 heteroatoms. The molecule has 0 nitrogen and oxygen atoms in total. The summed E-state index contributed by atoms with van der Waals surface area (Å²) in [6, 6.07) is 8.83. The van der Waals surface area contributed by atoms with E-state index in [0.29, 0.717) is 10.7 Å². The normalized spacial score (nSPS) is 15.4. The number of alkyl halides is 1. The van der Waals surface area contributed by atoms with Crippen LogP contribution in [0.15, 0.2) is 24.3 Å². The summed E-state index contributed by atoms with van der Waals surface area (Å²) in [5, 5.41) is 0. The Morgan fingerprint density at radius 1 is 1.15 bits per heavy atom. The Morgan fingerprint density at radius 2 is 1.69 bits per heavy atom. The number of benzene rings is 1. The Hall–Kier alpha value is -0.300. The summed E-state index contributed by atoms with van der Waals surface area (Å²) < 4.78 is 0. The SMILES string of the molecule is Cc1ccc(C(C)CC(C)Br)cc1. The van der Waals surface area contributed by atoms with Crippen molar-refractivity contribution in [2.45, 2.75) is 37.9 Å². The van der Waals surface area contributed by atoms with Gasteiger partial charge in [-0.1, -0.05) is 59.6 Å². The van der Waals surface area contributed by atoms with Gasteiger partial charge in [0.05, 0.1) is 0 Å². The van der Waals surface area contributed by atoms with Crippen LogP contribution in [0.2, 0.25) is 0 Å². The third kappa shape index (κ3) is 3.51. The van der Waals surface area contributed by atoms with Gasteiger partial charge in [-0.2, -0.15) is 0 Å². The highest BCUT2D eigenvalue weighted by Gasteiger charge is 2.07. The summed E-state index contributed by atoms with van der Waals surface area (Å²) in [5.74, 6) is 0.648. The van der Waals surface area contributed by atoms with Crippen LogP contribution in [0.1, 0.15) is 37.3 Å². The minimum atomic E-state index is 0.601. The van der Waals surface area contributed by atoms with Crippen LogP contribution in [-0.2, 0) is 0 Å². The molecule has 1 rings (SSSR count). The zero-order valence-corrected chi connectivity index (χ0v) is 10.1. The lowest BCUT2D eigenvalue weighted by molar-refractivity contribution is 0.682. The maximum atomic E-state index is 3.59. The highest BCUT2D eigenvalue weighted by atomic mass is 79.9. The second-order valence-electron chi connectivity index (χ2n) is 3.83. The van der Waals surface area contributed by atoms with Gasteiger partial charge in [-0.05, 0) is 24.8 Å². The first-order valence-electron chi connectivity index (χ1n) is 4.80. The van der Waals surface area contributed by atoms with E-state index in [1.807, 2.05) is 0 Å². The molecular formula is C12H17Br. The van der Waals surface area contributed by atoms with Gasteiger partial charge < -0.3 is 0 Å². The summed E-state index contributed by atoms with van der Waals surface area (Å²) in [6.45, 7) is 6.61. The lowest BCUT2D eigenvalue weighted by Gasteiger charge is -2.13. The fraction of sp³-hybridized carbons (Fsp3) is 0.500. The maximum absolute atomic E-state index is 3.59. The molecule has 0 saturated carbocycles. The number of hydrogen-bond donors (Lipinski definition) is 0. The summed E-state index contributed by atoms with van der Waals surface area (Å²) in [5.41, 5.74) is 2.78. The van der Waals surface area contributed by atoms with Crippen molar-refractivity contribution < 1.29 is 0 Å². The number of aryl methyl sites for hydroxylation is 1. The zero-order chi connectivity index (χ0) is 9.84. The van der Waals surface area contributed by atoms with Gasteiger partial charge in [-0.25, -0.2) is 0 Å². The predicted molar refractivity (Wildman–Crippen MR) is 62.6 cm³/mol. The van der Waals surface area contributed by atoms with E-state index < -0.39 is 0 Å². The molecule has 0 amide bonds. The minimum absolute atomic E-state index is 0.601. The second kappa shape index (κ2) is 4.80. The van der Waals surface area contributed by atoms with Gasteiger partial charge in [0.25, 0.3) is 0 Å². The molecule has 0 heterocycles. The third-order valence-corrected chi connectivity index (χ3v) is 2.70. The van der Waals surface area contributed by atoms with Gasteiger partial charge in [0.2, 0.25) is 0 Å². The van der Waals surface area contributed by atoms with Crippen LogP contribution in [0.25, 0.3) is 0 Å². The van der Waals surface area contributed by atoms with Crippen LogP contribution >= 0.6 is 15.9 Å². The first-order valence-corrected chi connectivity index (χ1v) is 5.72. The van der Waals surface area contributed by atoms with Crippen LogP contribution in [0.3, 0.4) is 0 Å². The van der Waals surface area contributed by atoms with Gasteiger partial charge >= 0.3 is 0 Å². The molecule has 1 aromatic carbocycles. The van der Waals surface area contributed by atoms with Gasteiger partial charge in [0.15, 0.2) is 0 Å². The standard InChI is InChI=1S/C12H17Br/c1-9-4-6-12(7-5-9)10(2)8-11(3)13/h4-7,10-11H,8H2,1-3H3. The first kappa shape index (κ1) is 10.8. The van der Waals surface area contributed by atoms with E-state index >= 15 is 0 Å². The highest BCUT2D eigenvalue weighted by Crippen LogP contribution is 2.23. The molecule has 0 fully saturated rings. The Bertz CT molecular complexity index is 248. The van der Waals surface area contributed by atoms with E-state index in [-0.39, 0.29) is 0 Å². The third-order valence-electron chi connectivity index (χ3n) is 2.32. The van der Waals surface area contributed by atoms with Gasteiger partial charge in [0, 0.05) is 4.83 Å². The van der Waals surface area contributed by atoms with Crippen molar-refractivity contribution in [1.82, 2.24) is 0 Å². The fourth-order valence-electron chi connectivity index (χ4n) is 1.52. The zero-order valence-electron chi connectivity index (χ0n) is 8.55. The van der Waals surface area contributed by atoms with E-state index in [4.69, 9.17) is 0 Å². The topological polar surface area (TPSA) is 0 Å². The Kier molecular flexibility index (Phi) is 3.98. The Morgan fingerprint density at radius 3 is 2.15 bits per heavy atom. The summed E-state index contributed by atoms with van der Waals surface area (Å²) in [6.07, 6.45) is 1.20. The van der Waals surface area contributed by atoms with Gasteiger partial charge in [-0.15, -0.1) is 0 Å². The molecule has 0 aromatic heterocycles. The molecular weight excluding hydrogens is 224 g/mol. The maximum Gasteiger partial charge on any atom is 0.0123 e. The molecule has 0 radical (unpaired) electrons. The monoisotopic (exact) mass is 240 g/mol. The summed E-state index contributed by atoms with van der Waals surface area (Å²) in [7, 11) is 0. The van der Waals surface area contributed by atoms with Crippen molar-refractivity contribution in [2.24, 2.45) is 0 Å². The van der Waals surface area contributed by atoms with Crippen LogP contribution in [-0.4, -0.2) is 4.83 Å². The Balaban J connectivity index is 2.66. The molecule has 1 aromatic rings. The van der Waals surface area contributed by atoms with Crippen molar-refractivity contribution >= 4 is 15.9 Å². The van der Waals surface area contributed by atoms with Crippen LogP contribution in [0.5, 0.6) is 0 Å². The number of hydrogen-bond acceptors (Lipinski definition) is 0. The number of halogens is 1. The molecule has 0 bridgehead atoms. The van der Waals surface area contributed by atoms with E-state index in [9.17, 15) is 0 Å². The van der Waals surface area contributed by atoms with Crippen LogP contribution in [0.4, 0.5) is 0 Å². The van der Waals surface area contributed by atoms with E-state index in [1.165, 1.54) is 17.5 Å². The molecule has 2 unspecified atom stereocenters. The number of rotatable bonds is 3. The fourth-order valence-corrected chi connectivity index (χ4v) is 2.08. The van der Waals surface area contributed by atoms with Crippen molar-refractivity contribution in [1.29, 1.82) is 0 Å². The lowest BCUT2D eigenvalue weighted by atomic mass is 9.96. The molecule has 0 N–H and O–H groups in total. The van der Waals surface area contributed by atoms with Gasteiger partial charge in [-0.3, -0.25) is 0 Å². The predicted octanol–water partition coefficient (Wildman–Crippen LogP) is 4.27. The van der Waals surface area contributed by atoms with Crippen LogP contribution < -0.4 is 0 Å². The van der Waals surface area contributed by atoms with Crippen molar-refractivity contribution in [3.63, 3.8) is 0 Å². The van der Waals surface area contributed by atoms with Crippen molar-refractivity contribution in [3.8, 4) is 0 Å². The molecule has 2 atom stereocenters. The minimum Gasteiger partial charge on any atom is -0.0893 e. The van der Waals surface area contributed by atoms with Crippen molar-refractivity contribution in [3.05, 3.63) is 35.4 Å². The van der Waals surface area contributed by atoms with E-state index in [1.54, 1.807) is 0 Å². The average Bonchev–Trinajstić information content (AvgIpc) is 2.04. The molecule has 0 saturated heterocycles.